The van der Waals surface area contributed by atoms with Gasteiger partial charge in [-0.2, -0.15) is 0 Å². The molecule has 0 saturated carbocycles. The van der Waals surface area contributed by atoms with Crippen LogP contribution in [0, 0.1) is 0 Å². The second-order valence-electron chi connectivity index (χ2n) is 4.63. The topological polar surface area (TPSA) is 84.5 Å². The van der Waals surface area contributed by atoms with Crippen LogP contribution in [0.2, 0.25) is 0 Å². The van der Waals surface area contributed by atoms with Crippen molar-refractivity contribution in [2.75, 3.05) is 10.6 Å². The van der Waals surface area contributed by atoms with Crippen molar-refractivity contribution in [3.63, 3.8) is 0 Å². The monoisotopic (exact) mass is 292 g/mol. The predicted octanol–water partition coefficient (Wildman–Crippen LogP) is 2.32. The first-order valence-corrected chi connectivity index (χ1v) is 6.80. The Bertz CT molecular complexity index is 511. The van der Waals surface area contributed by atoms with Crippen LogP contribution < -0.4 is 10.6 Å². The quantitative estimate of drug-likeness (QED) is 0.788. The molecule has 6 heteroatoms. The van der Waals surface area contributed by atoms with Crippen LogP contribution in [-0.4, -0.2) is 23.9 Å². The van der Waals surface area contributed by atoms with Crippen molar-refractivity contribution in [1.82, 2.24) is 0 Å². The Hall–Kier alpha value is -2.37. The number of esters is 1. The van der Waals surface area contributed by atoms with E-state index in [1.54, 1.807) is 24.3 Å². The van der Waals surface area contributed by atoms with Gasteiger partial charge in [0.25, 0.3) is 5.91 Å². The number of nitrogens with one attached hydrogen (secondary N) is 2. The van der Waals surface area contributed by atoms with E-state index in [1.165, 1.54) is 13.8 Å². The van der Waals surface area contributed by atoms with E-state index in [0.29, 0.717) is 24.2 Å². The number of hydrogen-bond donors (Lipinski definition) is 2. The maximum absolute atomic E-state index is 11.9. The lowest BCUT2D eigenvalue weighted by molar-refractivity contribution is -0.153. The molecule has 21 heavy (non-hydrogen) atoms. The van der Waals surface area contributed by atoms with Crippen molar-refractivity contribution in [3.05, 3.63) is 24.3 Å². The molecule has 1 aromatic rings. The SMILES string of the molecule is CCCC(=O)O[C@@H](C)C(=O)Nc1ccc(NC(C)=O)cc1. The molecule has 0 aromatic heterocycles. The molecule has 0 bridgehead atoms. The maximum atomic E-state index is 11.9. The molecule has 2 amide bonds. The normalized spacial score (nSPS) is 11.4. The van der Waals surface area contributed by atoms with E-state index in [9.17, 15) is 14.4 Å². The summed E-state index contributed by atoms with van der Waals surface area (Å²) < 4.78 is 4.99. The molecule has 0 aliphatic heterocycles. The van der Waals surface area contributed by atoms with Gasteiger partial charge >= 0.3 is 5.97 Å². The van der Waals surface area contributed by atoms with Gasteiger partial charge in [0, 0.05) is 24.7 Å². The average molecular weight is 292 g/mol. The molecule has 0 aliphatic carbocycles. The van der Waals surface area contributed by atoms with Gasteiger partial charge in [0.2, 0.25) is 5.91 Å². The third-order valence-corrected chi connectivity index (χ3v) is 2.60. The first-order valence-electron chi connectivity index (χ1n) is 6.80. The molecule has 0 radical (unpaired) electrons. The molecule has 0 spiro atoms. The number of carbonyl (C=O) groups excluding carboxylic acids is 3. The standard InChI is InChI=1S/C15H20N2O4/c1-4-5-14(19)21-10(2)15(20)17-13-8-6-12(7-9-13)16-11(3)18/h6-10H,4-5H2,1-3H3,(H,16,18)(H,17,20)/t10-/m0/s1. The van der Waals surface area contributed by atoms with Gasteiger partial charge in [-0.05, 0) is 37.6 Å². The Labute approximate surface area is 123 Å². The minimum atomic E-state index is -0.848. The summed E-state index contributed by atoms with van der Waals surface area (Å²) in [6, 6.07) is 6.66. The van der Waals surface area contributed by atoms with E-state index in [-0.39, 0.29) is 11.9 Å². The Balaban J connectivity index is 2.54. The molecule has 1 rings (SSSR count). The summed E-state index contributed by atoms with van der Waals surface area (Å²) in [5, 5.41) is 5.27. The van der Waals surface area contributed by atoms with Crippen LogP contribution in [0.15, 0.2) is 24.3 Å². The molecule has 114 valence electrons. The van der Waals surface area contributed by atoms with Crippen LogP contribution in [0.5, 0.6) is 0 Å². The van der Waals surface area contributed by atoms with E-state index in [1.807, 2.05) is 6.92 Å². The lowest BCUT2D eigenvalue weighted by atomic mass is 10.2. The van der Waals surface area contributed by atoms with E-state index >= 15 is 0 Å². The van der Waals surface area contributed by atoms with Gasteiger partial charge in [0.15, 0.2) is 6.10 Å². The third kappa shape index (κ3) is 6.07. The highest BCUT2D eigenvalue weighted by Crippen LogP contribution is 2.14. The highest BCUT2D eigenvalue weighted by atomic mass is 16.5. The molecule has 1 aromatic carbocycles. The number of hydrogen-bond acceptors (Lipinski definition) is 4. The van der Waals surface area contributed by atoms with Crippen LogP contribution in [0.4, 0.5) is 11.4 Å². The number of rotatable bonds is 6. The number of amides is 2. The lowest BCUT2D eigenvalue weighted by Gasteiger charge is -2.13. The largest absolute Gasteiger partial charge is 0.453 e. The summed E-state index contributed by atoms with van der Waals surface area (Å²) in [4.78, 5) is 34.1. The Kier molecular flexibility index (Phi) is 6.39. The van der Waals surface area contributed by atoms with Gasteiger partial charge in [-0.1, -0.05) is 6.92 Å². The minimum absolute atomic E-state index is 0.164. The second-order valence-corrected chi connectivity index (χ2v) is 4.63. The van der Waals surface area contributed by atoms with E-state index in [2.05, 4.69) is 10.6 Å². The first kappa shape index (κ1) is 16.7. The second kappa shape index (κ2) is 8.04. The van der Waals surface area contributed by atoms with Gasteiger partial charge in [-0.3, -0.25) is 14.4 Å². The summed E-state index contributed by atoms with van der Waals surface area (Å²) in [5.74, 6) is -0.948. The zero-order chi connectivity index (χ0) is 15.8. The summed E-state index contributed by atoms with van der Waals surface area (Å²) in [6.45, 7) is 4.80. The molecule has 0 fully saturated rings. The van der Waals surface area contributed by atoms with Crippen LogP contribution in [-0.2, 0) is 19.1 Å². The molecular weight excluding hydrogens is 272 g/mol. The van der Waals surface area contributed by atoms with Crippen LogP contribution in [0.1, 0.15) is 33.6 Å². The lowest BCUT2D eigenvalue weighted by Crippen LogP contribution is -2.29. The van der Waals surface area contributed by atoms with Crippen LogP contribution in [0.3, 0.4) is 0 Å². The Morgan fingerprint density at radius 1 is 1.10 bits per heavy atom. The Morgan fingerprint density at radius 2 is 1.62 bits per heavy atom. The number of carbonyl (C=O) groups is 3. The fraction of sp³-hybridized carbons (Fsp3) is 0.400. The van der Waals surface area contributed by atoms with E-state index in [4.69, 9.17) is 4.74 Å². The summed E-state index contributed by atoms with van der Waals surface area (Å²) >= 11 is 0. The molecule has 0 saturated heterocycles. The predicted molar refractivity (Wildman–Crippen MR) is 79.8 cm³/mol. The van der Waals surface area contributed by atoms with Gasteiger partial charge in [0.05, 0.1) is 0 Å². The van der Waals surface area contributed by atoms with Gasteiger partial charge in [-0.25, -0.2) is 0 Å². The molecule has 1 atom stereocenters. The first-order chi connectivity index (χ1) is 9.92. The average Bonchev–Trinajstić information content (AvgIpc) is 2.40. The number of anilines is 2. The fourth-order valence-corrected chi connectivity index (χ4v) is 1.60. The van der Waals surface area contributed by atoms with Crippen molar-refractivity contribution < 1.29 is 19.1 Å². The molecule has 2 N–H and O–H groups in total. The van der Waals surface area contributed by atoms with Gasteiger partial charge in [0.1, 0.15) is 0 Å². The van der Waals surface area contributed by atoms with E-state index in [0.717, 1.165) is 0 Å². The van der Waals surface area contributed by atoms with Crippen molar-refractivity contribution >= 4 is 29.2 Å². The van der Waals surface area contributed by atoms with Crippen molar-refractivity contribution in [2.24, 2.45) is 0 Å². The molecule has 0 unspecified atom stereocenters. The molecular formula is C15H20N2O4. The fourth-order valence-electron chi connectivity index (χ4n) is 1.60. The van der Waals surface area contributed by atoms with Gasteiger partial charge < -0.3 is 15.4 Å². The zero-order valence-corrected chi connectivity index (χ0v) is 12.4. The van der Waals surface area contributed by atoms with Crippen LogP contribution >= 0.6 is 0 Å². The van der Waals surface area contributed by atoms with Gasteiger partial charge in [-0.15, -0.1) is 0 Å². The molecule has 0 aliphatic rings. The summed E-state index contributed by atoms with van der Waals surface area (Å²) in [5.41, 5.74) is 1.20. The van der Waals surface area contributed by atoms with Crippen molar-refractivity contribution in [1.29, 1.82) is 0 Å². The summed E-state index contributed by atoms with van der Waals surface area (Å²) in [6.07, 6.45) is 0.125. The smallest absolute Gasteiger partial charge is 0.306 e. The zero-order valence-electron chi connectivity index (χ0n) is 12.4. The number of ether oxygens (including phenoxy) is 1. The minimum Gasteiger partial charge on any atom is -0.453 e. The van der Waals surface area contributed by atoms with Crippen LogP contribution in [0.25, 0.3) is 0 Å². The highest BCUT2D eigenvalue weighted by Gasteiger charge is 2.17. The van der Waals surface area contributed by atoms with Crippen molar-refractivity contribution in [2.45, 2.75) is 39.7 Å². The third-order valence-electron chi connectivity index (χ3n) is 2.60. The maximum Gasteiger partial charge on any atom is 0.306 e. The summed E-state index contributed by atoms with van der Waals surface area (Å²) in [7, 11) is 0. The van der Waals surface area contributed by atoms with Crippen molar-refractivity contribution in [3.8, 4) is 0 Å². The highest BCUT2D eigenvalue weighted by molar-refractivity contribution is 5.95. The Morgan fingerprint density at radius 3 is 2.10 bits per heavy atom. The molecule has 0 heterocycles. The molecule has 6 nitrogen and oxygen atoms in total. The van der Waals surface area contributed by atoms with E-state index < -0.39 is 12.0 Å². The number of benzene rings is 1.